The van der Waals surface area contributed by atoms with Crippen LogP contribution in [0.15, 0.2) is 12.1 Å². The SMILES string of the molecule is COc1cc(CC(=O)N(C)CC(C)(C)CN)cc(OC)c1OC.Cl. The summed E-state index contributed by atoms with van der Waals surface area (Å²) in [6, 6.07) is 3.59. The number of likely N-dealkylation sites (N-methyl/N-ethyl adjacent to an activating group) is 1. The highest BCUT2D eigenvalue weighted by Crippen LogP contribution is 2.38. The van der Waals surface area contributed by atoms with Crippen LogP contribution in [0.2, 0.25) is 0 Å². The van der Waals surface area contributed by atoms with E-state index < -0.39 is 0 Å². The third kappa shape index (κ3) is 5.76. The van der Waals surface area contributed by atoms with E-state index in [-0.39, 0.29) is 30.2 Å². The number of rotatable bonds is 8. The largest absolute Gasteiger partial charge is 0.493 e. The molecule has 0 aliphatic heterocycles. The molecule has 0 aromatic heterocycles. The Morgan fingerprint density at radius 2 is 1.62 bits per heavy atom. The first-order valence-corrected chi connectivity index (χ1v) is 7.51. The van der Waals surface area contributed by atoms with E-state index in [1.165, 1.54) is 0 Å². The molecule has 0 unspecified atom stereocenters. The summed E-state index contributed by atoms with van der Waals surface area (Å²) < 4.78 is 15.9. The van der Waals surface area contributed by atoms with Gasteiger partial charge in [0.25, 0.3) is 0 Å². The fourth-order valence-electron chi connectivity index (χ4n) is 2.34. The lowest BCUT2D eigenvalue weighted by atomic mass is 9.93. The first-order valence-electron chi connectivity index (χ1n) is 7.51. The Morgan fingerprint density at radius 1 is 1.12 bits per heavy atom. The predicted molar refractivity (Wildman–Crippen MR) is 97.5 cm³/mol. The zero-order valence-electron chi connectivity index (χ0n) is 15.3. The molecule has 2 N–H and O–H groups in total. The van der Waals surface area contributed by atoms with Crippen molar-refractivity contribution in [2.75, 3.05) is 41.5 Å². The van der Waals surface area contributed by atoms with Gasteiger partial charge < -0.3 is 24.8 Å². The molecule has 7 heteroatoms. The van der Waals surface area contributed by atoms with Crippen LogP contribution >= 0.6 is 12.4 Å². The van der Waals surface area contributed by atoms with Gasteiger partial charge in [0.15, 0.2) is 11.5 Å². The van der Waals surface area contributed by atoms with E-state index in [2.05, 4.69) is 0 Å². The molecule has 0 fully saturated rings. The number of benzene rings is 1. The summed E-state index contributed by atoms with van der Waals surface area (Å²) in [5, 5.41) is 0. The predicted octanol–water partition coefficient (Wildman–Crippen LogP) is 2.12. The van der Waals surface area contributed by atoms with Crippen LogP contribution in [-0.4, -0.2) is 52.3 Å². The zero-order chi connectivity index (χ0) is 17.6. The van der Waals surface area contributed by atoms with Crippen molar-refractivity contribution in [3.8, 4) is 17.2 Å². The Balaban J connectivity index is 0.00000529. The maximum Gasteiger partial charge on any atom is 0.226 e. The maximum atomic E-state index is 12.4. The summed E-state index contributed by atoms with van der Waals surface area (Å²) >= 11 is 0. The van der Waals surface area contributed by atoms with Crippen LogP contribution in [0.25, 0.3) is 0 Å². The number of carbonyl (C=O) groups excluding carboxylic acids is 1. The van der Waals surface area contributed by atoms with Gasteiger partial charge in [0.05, 0.1) is 27.8 Å². The summed E-state index contributed by atoms with van der Waals surface area (Å²) in [4.78, 5) is 14.1. The molecule has 0 aliphatic rings. The number of hydrogen-bond donors (Lipinski definition) is 1. The van der Waals surface area contributed by atoms with Crippen molar-refractivity contribution in [1.82, 2.24) is 4.90 Å². The van der Waals surface area contributed by atoms with E-state index in [9.17, 15) is 4.79 Å². The number of halogens is 1. The number of amides is 1. The molecule has 0 spiro atoms. The third-order valence-electron chi connectivity index (χ3n) is 3.72. The summed E-state index contributed by atoms with van der Waals surface area (Å²) in [5.41, 5.74) is 6.43. The molecule has 0 saturated carbocycles. The van der Waals surface area contributed by atoms with Gasteiger partial charge in [-0.25, -0.2) is 0 Å². The fourth-order valence-corrected chi connectivity index (χ4v) is 2.34. The molecule has 6 nitrogen and oxygen atoms in total. The van der Waals surface area contributed by atoms with Crippen LogP contribution in [0.5, 0.6) is 17.2 Å². The van der Waals surface area contributed by atoms with Gasteiger partial charge in [0.2, 0.25) is 11.7 Å². The monoisotopic (exact) mass is 360 g/mol. The third-order valence-corrected chi connectivity index (χ3v) is 3.72. The number of nitrogens with two attached hydrogens (primary N) is 1. The number of nitrogens with zero attached hydrogens (tertiary/aromatic N) is 1. The van der Waals surface area contributed by atoms with Crippen molar-refractivity contribution in [2.24, 2.45) is 11.1 Å². The lowest BCUT2D eigenvalue weighted by Crippen LogP contribution is -2.40. The molecular weight excluding hydrogens is 332 g/mol. The van der Waals surface area contributed by atoms with Crippen molar-refractivity contribution in [2.45, 2.75) is 20.3 Å². The van der Waals surface area contributed by atoms with Crippen LogP contribution < -0.4 is 19.9 Å². The topological polar surface area (TPSA) is 74.0 Å². The number of ether oxygens (including phenoxy) is 3. The first-order chi connectivity index (χ1) is 10.8. The van der Waals surface area contributed by atoms with Gasteiger partial charge in [-0.2, -0.15) is 0 Å². The molecule has 0 saturated heterocycles. The van der Waals surface area contributed by atoms with Crippen molar-refractivity contribution in [3.63, 3.8) is 0 Å². The highest BCUT2D eigenvalue weighted by atomic mass is 35.5. The smallest absolute Gasteiger partial charge is 0.226 e. The van der Waals surface area contributed by atoms with Crippen molar-refractivity contribution >= 4 is 18.3 Å². The summed E-state index contributed by atoms with van der Waals surface area (Å²) in [5.74, 6) is 1.61. The Bertz CT molecular complexity index is 524. The minimum atomic E-state index is -0.111. The second kappa shape index (κ2) is 9.59. The molecule has 1 amide bonds. The van der Waals surface area contributed by atoms with E-state index in [0.29, 0.717) is 30.3 Å². The standard InChI is InChI=1S/C17H28N2O4.ClH/c1-17(2,10-18)11-19(3)15(20)9-12-7-13(21-4)16(23-6)14(8-12)22-5;/h7-8H,9-11,18H2,1-6H3;1H. The van der Waals surface area contributed by atoms with E-state index in [0.717, 1.165) is 5.56 Å². The molecule has 1 aromatic rings. The zero-order valence-corrected chi connectivity index (χ0v) is 16.2. The molecular formula is C17H29ClN2O4. The second-order valence-corrected chi connectivity index (χ2v) is 6.33. The van der Waals surface area contributed by atoms with Crippen LogP contribution in [0.1, 0.15) is 19.4 Å². The van der Waals surface area contributed by atoms with Gasteiger partial charge in [-0.3, -0.25) is 4.79 Å². The van der Waals surface area contributed by atoms with Gasteiger partial charge in [-0.1, -0.05) is 13.8 Å². The van der Waals surface area contributed by atoms with Gasteiger partial charge in [0.1, 0.15) is 0 Å². The molecule has 0 atom stereocenters. The van der Waals surface area contributed by atoms with Gasteiger partial charge in [-0.15, -0.1) is 12.4 Å². The van der Waals surface area contributed by atoms with E-state index in [1.807, 2.05) is 13.8 Å². The second-order valence-electron chi connectivity index (χ2n) is 6.33. The Labute approximate surface area is 150 Å². The number of methoxy groups -OCH3 is 3. The highest BCUT2D eigenvalue weighted by Gasteiger charge is 2.22. The van der Waals surface area contributed by atoms with E-state index in [4.69, 9.17) is 19.9 Å². The maximum absolute atomic E-state index is 12.4. The van der Waals surface area contributed by atoms with Crippen molar-refractivity contribution in [3.05, 3.63) is 17.7 Å². The summed E-state index contributed by atoms with van der Waals surface area (Å²) in [7, 11) is 6.45. The molecule has 0 aliphatic carbocycles. The summed E-state index contributed by atoms with van der Waals surface area (Å²) in [6.07, 6.45) is 0.258. The molecule has 138 valence electrons. The van der Waals surface area contributed by atoms with Gasteiger partial charge in [-0.05, 0) is 29.7 Å². The molecule has 0 bridgehead atoms. The number of hydrogen-bond acceptors (Lipinski definition) is 5. The van der Waals surface area contributed by atoms with Crippen LogP contribution in [0, 0.1) is 5.41 Å². The molecule has 24 heavy (non-hydrogen) atoms. The van der Waals surface area contributed by atoms with Crippen molar-refractivity contribution < 1.29 is 19.0 Å². The number of carbonyl (C=O) groups is 1. The van der Waals surface area contributed by atoms with E-state index >= 15 is 0 Å². The highest BCUT2D eigenvalue weighted by molar-refractivity contribution is 5.85. The van der Waals surface area contributed by atoms with Crippen LogP contribution in [0.4, 0.5) is 0 Å². The minimum Gasteiger partial charge on any atom is -0.493 e. The Kier molecular flexibility index (Phi) is 8.93. The molecule has 0 radical (unpaired) electrons. The summed E-state index contributed by atoms with van der Waals surface area (Å²) in [6.45, 7) is 5.20. The quantitative estimate of drug-likeness (QED) is 0.768. The molecule has 1 aromatic carbocycles. The fraction of sp³-hybridized carbons (Fsp3) is 0.588. The molecule has 0 heterocycles. The lowest BCUT2D eigenvalue weighted by molar-refractivity contribution is -0.130. The first kappa shape index (κ1) is 22.3. The van der Waals surface area contributed by atoms with Crippen molar-refractivity contribution in [1.29, 1.82) is 0 Å². The van der Waals surface area contributed by atoms with E-state index in [1.54, 1.807) is 45.4 Å². The lowest BCUT2D eigenvalue weighted by Gasteiger charge is -2.29. The van der Waals surface area contributed by atoms with Gasteiger partial charge in [0, 0.05) is 13.6 Å². The van der Waals surface area contributed by atoms with Crippen LogP contribution in [-0.2, 0) is 11.2 Å². The minimum absolute atomic E-state index is 0. The van der Waals surface area contributed by atoms with Gasteiger partial charge >= 0.3 is 0 Å². The molecule has 1 rings (SSSR count). The Morgan fingerprint density at radius 3 is 2.00 bits per heavy atom. The normalized spacial score (nSPS) is 10.6. The average Bonchev–Trinajstić information content (AvgIpc) is 2.53. The Hall–Kier alpha value is -1.66. The average molecular weight is 361 g/mol. The van der Waals surface area contributed by atoms with Crippen LogP contribution in [0.3, 0.4) is 0 Å².